The fourth-order valence-corrected chi connectivity index (χ4v) is 12.5. The van der Waals surface area contributed by atoms with E-state index in [1.54, 1.807) is 69.4 Å². The summed E-state index contributed by atoms with van der Waals surface area (Å²) in [4.78, 5) is 172. The Bertz CT molecular complexity index is 3580. The molecule has 0 saturated carbocycles. The van der Waals surface area contributed by atoms with Crippen molar-refractivity contribution < 1.29 is 72.9 Å². The van der Waals surface area contributed by atoms with Crippen LogP contribution in [0, 0.1) is 5.92 Å². The average Bonchev–Trinajstić information content (AvgIpc) is 1.61. The van der Waals surface area contributed by atoms with E-state index in [-0.39, 0.29) is 108 Å². The molecule has 0 aromatic heterocycles. The number of phenols is 1. The number of unbranched alkanes of at least 4 members (excludes halogenated alkanes) is 3. The van der Waals surface area contributed by atoms with E-state index < -0.39 is 138 Å². The summed E-state index contributed by atoms with van der Waals surface area (Å²) < 4.78 is 0. The fraction of sp³-hybridized carbons (Fsp3) is 0.521. The molecule has 10 atom stereocenters. The lowest BCUT2D eigenvalue weighted by atomic mass is 9.97. The number of likely N-dealkylation sites (tertiary alicyclic amines) is 2. The largest absolute Gasteiger partial charge is 0.508 e. The van der Waals surface area contributed by atoms with Gasteiger partial charge in [0.05, 0.1) is 19.7 Å². The molecule has 0 aliphatic carbocycles. The molecule has 0 spiro atoms. The average molecular weight is 1450 g/mol. The van der Waals surface area contributed by atoms with Gasteiger partial charge in [-0.2, -0.15) is 0 Å². The standard InChI is InChI=1S/C73H104N16O15/c1-4-45(2)63(72(103)104)87-67(98)56(41-48-27-30-49-20-10-11-21-50(49)38-48)85-68(99)57(44-90)86-66(97)55(39-46-18-7-5-8-19-46)83-62(94)43-80-69(100)58-24-16-36-88(58)71(102)59-25-17-37-89(59)70(101)53(23-15-35-79-73(75)76)84-65(96)52(22-12-13-33-74)81-60(92)26-9-6-14-34-78-64(95)54(82-61(93)42-77-3)40-47-28-31-51(91)32-29-47/h5,7-8,10-11,18-21,27-32,38,45,52-59,63,77,90-91H,4,6,9,12-17,22-26,33-37,39-44,74H2,1-3H3,(H,78,95)(H,80,100)(H,81,92)(H,82,93)(H,83,94)(H,84,96)(H,85,99)(H,86,97)(H,87,98)(H,103,104)(H4,75,76,79)/t45-,52-,53-,54-,55-,56+,57-,58-,59-,63-/m0/s1. The van der Waals surface area contributed by atoms with E-state index in [4.69, 9.17) is 17.2 Å². The van der Waals surface area contributed by atoms with E-state index in [1.165, 1.54) is 21.9 Å². The molecule has 2 aliphatic rings. The number of aliphatic imine (C=N–C) groups is 1. The molecule has 19 N–H and O–H groups in total. The van der Waals surface area contributed by atoms with Crippen molar-refractivity contribution in [2.24, 2.45) is 28.1 Å². The van der Waals surface area contributed by atoms with Gasteiger partial charge in [0.1, 0.15) is 60.1 Å². The molecule has 2 saturated heterocycles. The van der Waals surface area contributed by atoms with Gasteiger partial charge in [0.15, 0.2) is 5.96 Å². The van der Waals surface area contributed by atoms with E-state index in [2.05, 4.69) is 58.2 Å². The molecule has 2 aliphatic heterocycles. The molecular weight excluding hydrogens is 1340 g/mol. The summed E-state index contributed by atoms with van der Waals surface area (Å²) >= 11 is 0. The predicted molar refractivity (Wildman–Crippen MR) is 388 cm³/mol. The van der Waals surface area contributed by atoms with Gasteiger partial charge in [0.2, 0.25) is 65.0 Å². The Kier molecular flexibility index (Phi) is 34.2. The minimum atomic E-state index is -1.68. The zero-order valence-electron chi connectivity index (χ0n) is 59.5. The molecule has 0 radical (unpaired) electrons. The third-order valence-electron chi connectivity index (χ3n) is 18.4. The number of benzene rings is 4. The summed E-state index contributed by atoms with van der Waals surface area (Å²) in [5, 5.41) is 58.9. The van der Waals surface area contributed by atoms with Crippen LogP contribution in [0.15, 0.2) is 102 Å². The number of fused-ring (bicyclic) bond motifs is 1. The molecule has 566 valence electrons. The third-order valence-corrected chi connectivity index (χ3v) is 18.4. The van der Waals surface area contributed by atoms with Gasteiger partial charge in [-0.1, -0.05) is 112 Å². The van der Waals surface area contributed by atoms with Crippen LogP contribution >= 0.6 is 0 Å². The molecular formula is C73H104N16O15. The van der Waals surface area contributed by atoms with E-state index >= 15 is 0 Å². The molecule has 6 rings (SSSR count). The summed E-state index contributed by atoms with van der Waals surface area (Å²) in [5.74, 6) is -9.12. The number of aromatic hydroxyl groups is 1. The predicted octanol–water partition coefficient (Wildman–Crippen LogP) is -0.733. The first kappa shape index (κ1) is 82.7. The van der Waals surface area contributed by atoms with Crippen molar-refractivity contribution in [2.75, 3.05) is 59.5 Å². The van der Waals surface area contributed by atoms with Crippen LogP contribution in [-0.2, 0) is 76.8 Å². The van der Waals surface area contributed by atoms with Crippen molar-refractivity contribution in [2.45, 2.75) is 177 Å². The Balaban J connectivity index is 1.06. The highest BCUT2D eigenvalue weighted by atomic mass is 16.4. The Hall–Kier alpha value is -10.3. The normalized spacial score (nSPS) is 16.4. The molecule has 4 aromatic rings. The number of nitrogens with zero attached hydrogens (tertiary/aromatic N) is 3. The van der Waals surface area contributed by atoms with E-state index in [9.17, 15) is 72.9 Å². The lowest BCUT2D eigenvalue weighted by molar-refractivity contribution is -0.148. The maximum atomic E-state index is 14.8. The lowest BCUT2D eigenvalue weighted by Crippen LogP contribution is -2.60. The van der Waals surface area contributed by atoms with Gasteiger partial charge in [-0.25, -0.2) is 4.79 Å². The Morgan fingerprint density at radius 1 is 0.558 bits per heavy atom. The third kappa shape index (κ3) is 26.5. The van der Waals surface area contributed by atoms with Crippen molar-refractivity contribution in [3.63, 3.8) is 0 Å². The number of aliphatic carboxylic acids is 1. The Morgan fingerprint density at radius 3 is 1.78 bits per heavy atom. The summed E-state index contributed by atoms with van der Waals surface area (Å²) in [6, 6.07) is 16.7. The van der Waals surface area contributed by atoms with Crippen LogP contribution in [-0.4, -0.2) is 216 Å². The first-order valence-electron chi connectivity index (χ1n) is 35.7. The molecule has 2 fully saturated rings. The van der Waals surface area contributed by atoms with Gasteiger partial charge in [0.25, 0.3) is 0 Å². The van der Waals surface area contributed by atoms with E-state index in [1.807, 2.05) is 36.4 Å². The smallest absolute Gasteiger partial charge is 0.326 e. The second-order valence-corrected chi connectivity index (χ2v) is 26.3. The highest BCUT2D eigenvalue weighted by molar-refractivity contribution is 5.99. The van der Waals surface area contributed by atoms with Gasteiger partial charge in [-0.05, 0) is 130 Å². The van der Waals surface area contributed by atoms with Gasteiger partial charge < -0.3 is 95.5 Å². The number of amides is 11. The van der Waals surface area contributed by atoms with Crippen LogP contribution in [0.4, 0.5) is 0 Å². The van der Waals surface area contributed by atoms with Gasteiger partial charge in [-0.3, -0.25) is 57.7 Å². The van der Waals surface area contributed by atoms with Crippen LogP contribution < -0.4 is 70.4 Å². The number of rotatable bonds is 43. The molecule has 2 heterocycles. The number of hydrogen-bond donors (Lipinski definition) is 16. The van der Waals surface area contributed by atoms with Crippen molar-refractivity contribution in [1.82, 2.24) is 63.0 Å². The summed E-state index contributed by atoms with van der Waals surface area (Å²) in [5.41, 5.74) is 18.9. The molecule has 0 bridgehead atoms. The summed E-state index contributed by atoms with van der Waals surface area (Å²) in [6.45, 7) is 2.74. The van der Waals surface area contributed by atoms with Gasteiger partial charge in [0, 0.05) is 51.9 Å². The number of carboxylic acid groups (broad SMARTS) is 1. The molecule has 0 unspecified atom stereocenters. The molecule has 31 nitrogen and oxygen atoms in total. The fourth-order valence-electron chi connectivity index (χ4n) is 12.5. The highest BCUT2D eigenvalue weighted by Gasteiger charge is 2.44. The molecule has 104 heavy (non-hydrogen) atoms. The van der Waals surface area contributed by atoms with Crippen molar-refractivity contribution in [3.05, 3.63) is 114 Å². The van der Waals surface area contributed by atoms with Crippen LogP contribution in [0.3, 0.4) is 0 Å². The van der Waals surface area contributed by atoms with Gasteiger partial charge >= 0.3 is 5.97 Å². The number of nitrogens with two attached hydrogens (primary N) is 3. The maximum Gasteiger partial charge on any atom is 0.326 e. The van der Waals surface area contributed by atoms with Crippen LogP contribution in [0.1, 0.15) is 120 Å². The number of guanidine groups is 1. The number of hydrogen-bond acceptors (Lipinski definition) is 17. The minimum Gasteiger partial charge on any atom is -0.508 e. The van der Waals surface area contributed by atoms with Crippen LogP contribution in [0.25, 0.3) is 10.8 Å². The number of phenolic OH excluding ortho intramolecular Hbond substituents is 1. The summed E-state index contributed by atoms with van der Waals surface area (Å²) in [6.07, 6.45) is 4.48. The van der Waals surface area contributed by atoms with E-state index in [0.29, 0.717) is 69.0 Å². The topological polar surface area (TPSA) is 483 Å². The van der Waals surface area contributed by atoms with Crippen molar-refractivity contribution >= 4 is 87.7 Å². The Labute approximate surface area is 605 Å². The number of nitrogens with one attached hydrogen (secondary N) is 10. The zero-order chi connectivity index (χ0) is 75.7. The van der Waals surface area contributed by atoms with Gasteiger partial charge in [-0.15, -0.1) is 0 Å². The number of aliphatic hydroxyl groups is 1. The first-order valence-corrected chi connectivity index (χ1v) is 35.7. The number of carbonyl (C=O) groups excluding carboxylic acids is 11. The first-order chi connectivity index (χ1) is 49.9. The lowest BCUT2D eigenvalue weighted by Gasteiger charge is -2.33. The SMILES string of the molecule is CC[C@H](C)[C@H](NC(=O)[C@@H](Cc1ccc2ccccc2c1)NC(=O)[C@H](CO)NC(=O)[C@H](Cc1ccccc1)NC(=O)CNC(=O)[C@@H]1CCCN1C(=O)[C@@H]1CCCN1C(=O)[C@H](CCCN=C(N)N)NC(=O)[C@H](CCCCN)NC(=O)CCCCCNC(=O)[C@H](Cc1ccc(O)cc1)NC(=O)CNC)C(=O)O. The maximum absolute atomic E-state index is 14.8. The second kappa shape index (κ2) is 43.0. The quantitative estimate of drug-likeness (QED) is 0.0148. The number of likely N-dealkylation sites (N-methyl/N-ethyl adjacent to an activating group) is 1. The Morgan fingerprint density at radius 2 is 1.12 bits per heavy atom. The number of carbonyl (C=O) groups is 12. The van der Waals surface area contributed by atoms with Crippen molar-refractivity contribution in [1.29, 1.82) is 0 Å². The second-order valence-electron chi connectivity index (χ2n) is 26.3. The molecule has 4 aromatic carbocycles. The molecule has 11 amide bonds. The van der Waals surface area contributed by atoms with E-state index in [0.717, 1.165) is 16.3 Å². The minimum absolute atomic E-state index is 0.000407. The molecule has 31 heteroatoms. The van der Waals surface area contributed by atoms with Crippen LogP contribution in [0.5, 0.6) is 5.75 Å². The van der Waals surface area contributed by atoms with Crippen LogP contribution in [0.2, 0.25) is 0 Å². The number of aliphatic hydroxyl groups excluding tert-OH is 1. The van der Waals surface area contributed by atoms with Crippen molar-refractivity contribution in [3.8, 4) is 5.75 Å². The zero-order valence-corrected chi connectivity index (χ0v) is 59.5. The monoisotopic (exact) mass is 1440 g/mol. The number of carboxylic acids is 1. The summed E-state index contributed by atoms with van der Waals surface area (Å²) in [7, 11) is 1.61. The highest BCUT2D eigenvalue weighted by Crippen LogP contribution is 2.27.